The van der Waals surface area contributed by atoms with Crippen LogP contribution in [0.5, 0.6) is 0 Å². The Morgan fingerprint density at radius 1 is 1.03 bits per heavy atom. The van der Waals surface area contributed by atoms with E-state index in [0.29, 0.717) is 62.7 Å². The van der Waals surface area contributed by atoms with Crippen molar-refractivity contribution in [2.24, 2.45) is 11.5 Å². The number of hydrogen-bond acceptors (Lipinski definition) is 7. The summed E-state index contributed by atoms with van der Waals surface area (Å²) in [6.07, 6.45) is 1.50. The molecule has 3 rings (SSSR count). The van der Waals surface area contributed by atoms with Gasteiger partial charge >= 0.3 is 15.3 Å². The molecule has 0 bridgehead atoms. The summed E-state index contributed by atoms with van der Waals surface area (Å²) in [6, 6.07) is 13.7. The molecule has 0 radical (unpaired) electrons. The van der Waals surface area contributed by atoms with E-state index >= 15 is 0 Å². The minimum absolute atomic E-state index is 0.0140. The van der Waals surface area contributed by atoms with E-state index in [1.165, 1.54) is 6.07 Å². The van der Waals surface area contributed by atoms with Gasteiger partial charge in [-0.05, 0) is 42.7 Å². The smallest absolute Gasteiger partial charge is 0.354 e. The number of piperazine rings is 1. The fourth-order valence-corrected chi connectivity index (χ4v) is 5.00. The highest BCUT2D eigenvalue weighted by Crippen LogP contribution is 2.31. The standard InChI is InChI=1S/C25H33ClN6O5S/c26-19-8-5-18(6-9-19)7-12-24(34)31-15-16-32(20(17-31)10-11-23(33)29-14-13-27)22-4-2-1-3-21(22)30-38(36,37)25(28)35/h1-6,8-9,20,30H,7,10-17,27H2,(H2,28,35)(H,29,33). The first-order chi connectivity index (χ1) is 18.1. The van der Waals surface area contributed by atoms with Crippen LogP contribution in [0.3, 0.4) is 0 Å². The van der Waals surface area contributed by atoms with Crippen molar-refractivity contribution in [3.05, 3.63) is 59.1 Å². The molecule has 38 heavy (non-hydrogen) atoms. The number of nitrogens with two attached hydrogens (primary N) is 2. The van der Waals surface area contributed by atoms with E-state index in [1.54, 1.807) is 35.2 Å². The van der Waals surface area contributed by atoms with Crippen molar-refractivity contribution < 1.29 is 22.8 Å². The largest absolute Gasteiger partial charge is 0.363 e. The van der Waals surface area contributed by atoms with Gasteiger partial charge in [-0.25, -0.2) is 0 Å². The van der Waals surface area contributed by atoms with E-state index in [4.69, 9.17) is 23.1 Å². The molecule has 0 saturated carbocycles. The topological polar surface area (TPSA) is 168 Å². The van der Waals surface area contributed by atoms with Gasteiger partial charge in [0.2, 0.25) is 11.8 Å². The Hall–Kier alpha value is -3.35. The highest BCUT2D eigenvalue weighted by atomic mass is 35.5. The van der Waals surface area contributed by atoms with Crippen molar-refractivity contribution >= 4 is 50.1 Å². The zero-order valence-electron chi connectivity index (χ0n) is 20.9. The van der Waals surface area contributed by atoms with Crippen LogP contribution in [0.25, 0.3) is 0 Å². The lowest BCUT2D eigenvalue weighted by atomic mass is 10.0. The normalized spacial score (nSPS) is 15.7. The van der Waals surface area contributed by atoms with E-state index < -0.39 is 15.3 Å². The first kappa shape index (κ1) is 29.2. The summed E-state index contributed by atoms with van der Waals surface area (Å²) in [4.78, 5) is 40.5. The van der Waals surface area contributed by atoms with Gasteiger partial charge in [-0.3, -0.25) is 19.1 Å². The molecule has 1 aliphatic rings. The molecule has 1 aliphatic heterocycles. The quantitative estimate of drug-likeness (QED) is 0.322. The number of amides is 3. The van der Waals surface area contributed by atoms with Crippen LogP contribution in [-0.4, -0.2) is 69.1 Å². The minimum Gasteiger partial charge on any atom is -0.363 e. The van der Waals surface area contributed by atoms with Crippen molar-refractivity contribution in [2.45, 2.75) is 31.7 Å². The number of rotatable bonds is 11. The summed E-state index contributed by atoms with van der Waals surface area (Å²) in [5, 5.41) is 1.89. The average Bonchev–Trinajstić information content (AvgIpc) is 2.90. The molecule has 1 unspecified atom stereocenters. The van der Waals surface area contributed by atoms with Gasteiger partial charge in [-0.15, -0.1) is 0 Å². The molecule has 1 fully saturated rings. The number of para-hydroxylation sites is 2. The first-order valence-electron chi connectivity index (χ1n) is 12.3. The van der Waals surface area contributed by atoms with Gasteiger partial charge in [0.25, 0.3) is 0 Å². The van der Waals surface area contributed by atoms with E-state index in [1.807, 2.05) is 17.0 Å². The van der Waals surface area contributed by atoms with Crippen molar-refractivity contribution in [3.63, 3.8) is 0 Å². The van der Waals surface area contributed by atoms with Crippen LogP contribution in [0.1, 0.15) is 24.8 Å². The van der Waals surface area contributed by atoms with Crippen LogP contribution < -0.4 is 26.4 Å². The predicted octanol–water partition coefficient (Wildman–Crippen LogP) is 1.67. The van der Waals surface area contributed by atoms with Crippen molar-refractivity contribution in [1.82, 2.24) is 10.2 Å². The monoisotopic (exact) mass is 564 g/mol. The summed E-state index contributed by atoms with van der Waals surface area (Å²) in [5.74, 6) is -0.177. The number of carbonyl (C=O) groups is 3. The van der Waals surface area contributed by atoms with Gasteiger partial charge in [0.15, 0.2) is 0 Å². The van der Waals surface area contributed by atoms with E-state index in [2.05, 4.69) is 10.0 Å². The molecule has 1 atom stereocenters. The van der Waals surface area contributed by atoms with Crippen LogP contribution in [0, 0.1) is 0 Å². The average molecular weight is 565 g/mol. The number of sulfonamides is 1. The highest BCUT2D eigenvalue weighted by Gasteiger charge is 2.32. The Bertz CT molecular complexity index is 1240. The molecular formula is C25H33ClN6O5S. The maximum atomic E-state index is 13.1. The molecule has 6 N–H and O–H groups in total. The zero-order valence-corrected chi connectivity index (χ0v) is 22.5. The number of aryl methyl sites for hydroxylation is 1. The number of halogens is 1. The van der Waals surface area contributed by atoms with Gasteiger partial charge in [0.1, 0.15) is 0 Å². The SMILES string of the molecule is NCCNC(=O)CCC1CN(C(=O)CCc2ccc(Cl)cc2)CCN1c1ccccc1NS(=O)(=O)C(N)=O. The van der Waals surface area contributed by atoms with Crippen LogP contribution in [-0.2, 0) is 26.0 Å². The second-order valence-corrected chi connectivity index (χ2v) is 11.0. The third-order valence-electron chi connectivity index (χ3n) is 6.27. The first-order valence-corrected chi connectivity index (χ1v) is 14.1. The van der Waals surface area contributed by atoms with E-state index in [0.717, 1.165) is 5.56 Å². The minimum atomic E-state index is -4.41. The molecule has 1 saturated heterocycles. The highest BCUT2D eigenvalue weighted by molar-refractivity contribution is 8.07. The number of primary amides is 1. The van der Waals surface area contributed by atoms with Gasteiger partial charge in [0, 0.05) is 56.6 Å². The van der Waals surface area contributed by atoms with Crippen LogP contribution in [0.4, 0.5) is 16.2 Å². The van der Waals surface area contributed by atoms with Crippen molar-refractivity contribution in [2.75, 3.05) is 42.3 Å². The number of benzene rings is 2. The lowest BCUT2D eigenvalue weighted by Crippen LogP contribution is -2.55. The fraction of sp³-hybridized carbons (Fsp3) is 0.400. The molecule has 1 heterocycles. The lowest BCUT2D eigenvalue weighted by Gasteiger charge is -2.43. The van der Waals surface area contributed by atoms with E-state index in [-0.39, 0.29) is 30.0 Å². The summed E-state index contributed by atoms with van der Waals surface area (Å²) < 4.78 is 26.6. The van der Waals surface area contributed by atoms with Crippen LogP contribution in [0.15, 0.2) is 48.5 Å². The Kier molecular flexibility index (Phi) is 10.3. The Morgan fingerprint density at radius 2 is 1.74 bits per heavy atom. The van der Waals surface area contributed by atoms with Gasteiger partial charge in [-0.2, -0.15) is 8.42 Å². The lowest BCUT2D eigenvalue weighted by molar-refractivity contribution is -0.132. The van der Waals surface area contributed by atoms with Gasteiger partial charge in [-0.1, -0.05) is 35.9 Å². The maximum Gasteiger partial charge on any atom is 0.354 e. The summed E-state index contributed by atoms with van der Waals surface area (Å²) >= 11 is 5.94. The molecular weight excluding hydrogens is 532 g/mol. The zero-order chi connectivity index (χ0) is 27.7. The second-order valence-electron chi connectivity index (χ2n) is 8.93. The second kappa shape index (κ2) is 13.4. The third kappa shape index (κ3) is 8.07. The molecule has 0 spiro atoms. The Labute approximate surface area is 227 Å². The number of hydrogen-bond donors (Lipinski definition) is 4. The molecule has 0 aromatic heterocycles. The number of nitrogens with zero attached hydrogens (tertiary/aromatic N) is 2. The van der Waals surface area contributed by atoms with Gasteiger partial charge < -0.3 is 26.6 Å². The Balaban J connectivity index is 1.77. The van der Waals surface area contributed by atoms with Crippen LogP contribution in [0.2, 0.25) is 5.02 Å². The third-order valence-corrected chi connectivity index (χ3v) is 7.54. The molecule has 13 heteroatoms. The van der Waals surface area contributed by atoms with E-state index in [9.17, 15) is 22.8 Å². The molecule has 2 aromatic rings. The van der Waals surface area contributed by atoms with Crippen LogP contribution >= 0.6 is 11.6 Å². The summed E-state index contributed by atoms with van der Waals surface area (Å²) in [7, 11) is -4.41. The molecule has 2 aromatic carbocycles. The molecule has 206 valence electrons. The predicted molar refractivity (Wildman–Crippen MR) is 147 cm³/mol. The molecule has 0 aliphatic carbocycles. The van der Waals surface area contributed by atoms with Gasteiger partial charge in [0.05, 0.1) is 11.4 Å². The number of carbonyl (C=O) groups excluding carboxylic acids is 3. The van der Waals surface area contributed by atoms with Crippen molar-refractivity contribution in [3.8, 4) is 0 Å². The number of nitrogens with one attached hydrogen (secondary N) is 2. The maximum absolute atomic E-state index is 13.1. The fourth-order valence-electron chi connectivity index (χ4n) is 4.31. The Morgan fingerprint density at radius 3 is 2.42 bits per heavy atom. The molecule has 11 nitrogen and oxygen atoms in total. The molecule has 3 amide bonds. The summed E-state index contributed by atoms with van der Waals surface area (Å²) in [6.45, 7) is 1.84. The van der Waals surface area contributed by atoms with Crippen molar-refractivity contribution in [1.29, 1.82) is 0 Å². The summed E-state index contributed by atoms with van der Waals surface area (Å²) in [5.41, 5.74) is 12.2. The number of anilines is 2.